The normalized spacial score (nSPS) is 16.1. The predicted molar refractivity (Wildman–Crippen MR) is 97.6 cm³/mol. The van der Waals surface area contributed by atoms with Crippen LogP contribution in [-0.4, -0.2) is 15.7 Å². The Morgan fingerprint density at radius 3 is 2.32 bits per heavy atom. The van der Waals surface area contributed by atoms with Gasteiger partial charge in [-0.2, -0.15) is 5.10 Å². The van der Waals surface area contributed by atoms with Crippen molar-refractivity contribution in [1.82, 2.24) is 15.1 Å². The van der Waals surface area contributed by atoms with E-state index in [9.17, 15) is 4.79 Å². The third-order valence-corrected chi connectivity index (χ3v) is 4.65. The van der Waals surface area contributed by atoms with Crippen LogP contribution >= 0.6 is 0 Å². The molecule has 0 aliphatic carbocycles. The maximum Gasteiger partial charge on any atom is 0.270 e. The maximum absolute atomic E-state index is 12.7. The van der Waals surface area contributed by atoms with Gasteiger partial charge in [0.15, 0.2) is 0 Å². The van der Waals surface area contributed by atoms with Gasteiger partial charge in [0.2, 0.25) is 0 Å². The quantitative estimate of drug-likeness (QED) is 0.788. The van der Waals surface area contributed by atoms with Crippen molar-refractivity contribution >= 4 is 5.91 Å². The highest BCUT2D eigenvalue weighted by Crippen LogP contribution is 2.36. The first-order valence-electron chi connectivity index (χ1n) is 8.65. The molecule has 1 aromatic heterocycles. The maximum atomic E-state index is 12.7. The van der Waals surface area contributed by atoms with Crippen LogP contribution < -0.4 is 5.32 Å². The topological polar surface area (TPSA) is 46.9 Å². The first kappa shape index (κ1) is 15.6. The van der Waals surface area contributed by atoms with E-state index >= 15 is 0 Å². The summed E-state index contributed by atoms with van der Waals surface area (Å²) in [6, 6.07) is 20.1. The van der Waals surface area contributed by atoms with Crippen LogP contribution in [0.4, 0.5) is 0 Å². The van der Waals surface area contributed by atoms with E-state index in [1.54, 1.807) is 0 Å². The van der Waals surface area contributed by atoms with Gasteiger partial charge in [0, 0.05) is 5.56 Å². The van der Waals surface area contributed by atoms with Gasteiger partial charge < -0.3 is 5.32 Å². The molecule has 4 nitrogen and oxygen atoms in total. The lowest BCUT2D eigenvalue weighted by Gasteiger charge is -2.14. The lowest BCUT2D eigenvalue weighted by Crippen LogP contribution is -2.23. The van der Waals surface area contributed by atoms with Gasteiger partial charge in [0.1, 0.15) is 5.69 Å². The summed E-state index contributed by atoms with van der Waals surface area (Å²) in [5, 5.41) is 7.95. The molecule has 126 valence electrons. The zero-order valence-corrected chi connectivity index (χ0v) is 14.4. The summed E-state index contributed by atoms with van der Waals surface area (Å²) < 4.78 is 1.86. The fourth-order valence-corrected chi connectivity index (χ4v) is 3.48. The molecule has 1 unspecified atom stereocenters. The second-order valence-corrected chi connectivity index (χ2v) is 6.76. The Hall–Kier alpha value is -2.88. The zero-order chi connectivity index (χ0) is 17.4. The summed E-state index contributed by atoms with van der Waals surface area (Å²) >= 11 is 0. The van der Waals surface area contributed by atoms with Gasteiger partial charge >= 0.3 is 0 Å². The summed E-state index contributed by atoms with van der Waals surface area (Å²) in [5.74, 6) is 0.212. The minimum Gasteiger partial charge on any atom is -0.340 e. The molecule has 0 fully saturated rings. The van der Waals surface area contributed by atoms with Gasteiger partial charge in [-0.3, -0.25) is 9.48 Å². The highest BCUT2D eigenvalue weighted by Gasteiger charge is 2.37. The fourth-order valence-electron chi connectivity index (χ4n) is 3.48. The number of aromatic nitrogens is 2. The first-order valence-corrected chi connectivity index (χ1v) is 8.65. The molecule has 2 aromatic carbocycles. The monoisotopic (exact) mass is 331 g/mol. The molecule has 1 aliphatic rings. The Balaban J connectivity index is 1.82. The highest BCUT2D eigenvalue weighted by molar-refractivity contribution is 5.98. The number of rotatable bonds is 4. The summed E-state index contributed by atoms with van der Waals surface area (Å²) in [5.41, 5.74) is 4.96. The summed E-state index contributed by atoms with van der Waals surface area (Å²) in [4.78, 5) is 12.7. The molecule has 4 heteroatoms. The predicted octanol–water partition coefficient (Wildman–Crippen LogP) is 3.89. The minimum absolute atomic E-state index is 0.0424. The molecule has 1 amide bonds. The number of fused-ring (bicyclic) bond motifs is 1. The second-order valence-electron chi connectivity index (χ2n) is 6.76. The first-order chi connectivity index (χ1) is 12.1. The zero-order valence-electron chi connectivity index (χ0n) is 14.4. The lowest BCUT2D eigenvalue weighted by atomic mass is 9.95. The molecule has 25 heavy (non-hydrogen) atoms. The van der Waals surface area contributed by atoms with Crippen molar-refractivity contribution in [2.24, 2.45) is 0 Å². The van der Waals surface area contributed by atoms with Crippen molar-refractivity contribution in [3.05, 3.63) is 88.7 Å². The van der Waals surface area contributed by atoms with Crippen LogP contribution in [0, 0.1) is 0 Å². The Bertz CT molecular complexity index is 898. The van der Waals surface area contributed by atoms with Crippen molar-refractivity contribution in [1.29, 1.82) is 0 Å². The molecular weight excluding hydrogens is 310 g/mol. The van der Waals surface area contributed by atoms with Crippen LogP contribution in [0.5, 0.6) is 0 Å². The van der Waals surface area contributed by atoms with Crippen LogP contribution in [0.3, 0.4) is 0 Å². The van der Waals surface area contributed by atoms with Crippen molar-refractivity contribution in [2.75, 3.05) is 0 Å². The molecule has 0 spiro atoms. The molecule has 4 rings (SSSR count). The smallest absolute Gasteiger partial charge is 0.270 e. The number of benzene rings is 2. The van der Waals surface area contributed by atoms with E-state index < -0.39 is 0 Å². The van der Waals surface area contributed by atoms with E-state index in [1.165, 1.54) is 0 Å². The van der Waals surface area contributed by atoms with Crippen molar-refractivity contribution in [2.45, 2.75) is 32.4 Å². The van der Waals surface area contributed by atoms with Gasteiger partial charge in [-0.15, -0.1) is 0 Å². The Labute approximate surface area is 147 Å². The number of nitrogens with zero attached hydrogens (tertiary/aromatic N) is 2. The summed E-state index contributed by atoms with van der Waals surface area (Å²) in [6.45, 7) is 4.85. The van der Waals surface area contributed by atoms with Crippen LogP contribution in [0.15, 0.2) is 60.7 Å². The average Bonchev–Trinajstić information content (AvgIpc) is 3.16. The standard InChI is InChI=1S/C21H21N3O/c1-14(2)18-17-19(16-11-7-4-8-12-16)22-21(25)20(17)24(23-18)13-15-9-5-3-6-10-15/h3-12,14,19H,13H2,1-2H3,(H,22,25). The molecule has 0 saturated carbocycles. The SMILES string of the molecule is CC(C)c1nn(Cc2ccccc2)c2c1C(c1ccccc1)NC2=O. The van der Waals surface area contributed by atoms with E-state index in [1.807, 2.05) is 41.1 Å². The third-order valence-electron chi connectivity index (χ3n) is 4.65. The Kier molecular flexibility index (Phi) is 3.88. The number of nitrogens with one attached hydrogen (secondary N) is 1. The number of hydrogen-bond donors (Lipinski definition) is 1. The molecule has 0 radical (unpaired) electrons. The molecular formula is C21H21N3O. The van der Waals surface area contributed by atoms with Gasteiger partial charge in [-0.25, -0.2) is 0 Å². The Morgan fingerprint density at radius 1 is 1.04 bits per heavy atom. The average molecular weight is 331 g/mol. The lowest BCUT2D eigenvalue weighted by molar-refractivity contribution is 0.0950. The van der Waals surface area contributed by atoms with Crippen LogP contribution in [0.25, 0.3) is 0 Å². The molecule has 1 aliphatic heterocycles. The Morgan fingerprint density at radius 2 is 1.68 bits per heavy atom. The second kappa shape index (κ2) is 6.20. The van der Waals surface area contributed by atoms with E-state index in [4.69, 9.17) is 5.10 Å². The van der Waals surface area contributed by atoms with Crippen LogP contribution in [-0.2, 0) is 6.54 Å². The molecule has 0 bridgehead atoms. The van der Waals surface area contributed by atoms with Crippen molar-refractivity contribution < 1.29 is 4.79 Å². The molecule has 1 N–H and O–H groups in total. The van der Waals surface area contributed by atoms with Crippen LogP contribution in [0.2, 0.25) is 0 Å². The van der Waals surface area contributed by atoms with Crippen molar-refractivity contribution in [3.63, 3.8) is 0 Å². The van der Waals surface area contributed by atoms with Gasteiger partial charge in [-0.05, 0) is 17.0 Å². The summed E-state index contributed by atoms with van der Waals surface area (Å²) in [7, 11) is 0. The molecule has 3 aromatic rings. The minimum atomic E-state index is -0.120. The van der Waals surface area contributed by atoms with E-state index in [0.717, 1.165) is 22.4 Å². The van der Waals surface area contributed by atoms with Gasteiger partial charge in [-0.1, -0.05) is 74.5 Å². The largest absolute Gasteiger partial charge is 0.340 e. The van der Waals surface area contributed by atoms with E-state index in [2.05, 4.69) is 43.4 Å². The fraction of sp³-hybridized carbons (Fsp3) is 0.238. The molecule has 1 atom stereocenters. The third kappa shape index (κ3) is 2.74. The molecule has 2 heterocycles. The van der Waals surface area contributed by atoms with Gasteiger partial charge in [0.25, 0.3) is 5.91 Å². The summed E-state index contributed by atoms with van der Waals surface area (Å²) in [6.07, 6.45) is 0. The number of carbonyl (C=O) groups is 1. The van der Waals surface area contributed by atoms with Gasteiger partial charge in [0.05, 0.1) is 18.3 Å². The van der Waals surface area contributed by atoms with Crippen LogP contribution in [0.1, 0.15) is 58.7 Å². The highest BCUT2D eigenvalue weighted by atomic mass is 16.2. The van der Waals surface area contributed by atoms with E-state index in [-0.39, 0.29) is 17.9 Å². The number of hydrogen-bond acceptors (Lipinski definition) is 2. The molecule has 0 saturated heterocycles. The number of carbonyl (C=O) groups excluding carboxylic acids is 1. The van der Waals surface area contributed by atoms with Crippen molar-refractivity contribution in [3.8, 4) is 0 Å². The van der Waals surface area contributed by atoms with E-state index in [0.29, 0.717) is 12.2 Å². The number of amides is 1.